The van der Waals surface area contributed by atoms with E-state index in [1.54, 1.807) is 0 Å². The van der Waals surface area contributed by atoms with Crippen LogP contribution in [-0.2, 0) is 14.2 Å². The van der Waals surface area contributed by atoms with Crippen LogP contribution >= 0.6 is 0 Å². The van der Waals surface area contributed by atoms with Gasteiger partial charge < -0.3 is 34.6 Å². The number of rotatable bonds is 10. The molecule has 0 bridgehead atoms. The maximum atomic E-state index is 13.9. The predicted molar refractivity (Wildman–Crippen MR) is 126 cm³/mol. The maximum absolute atomic E-state index is 13.9. The van der Waals surface area contributed by atoms with Crippen molar-refractivity contribution in [1.82, 2.24) is 0 Å². The number of aliphatic hydroxyl groups is 2. The molecule has 4 N–H and O–H groups in total. The molecule has 35 heavy (non-hydrogen) atoms. The molecule has 2 heterocycles. The van der Waals surface area contributed by atoms with Gasteiger partial charge in [-0.15, -0.1) is 0 Å². The number of carbonyl (C=O) groups is 2. The molecule has 0 saturated carbocycles. The van der Waals surface area contributed by atoms with Crippen molar-refractivity contribution in [2.45, 2.75) is 90.2 Å². The van der Waals surface area contributed by atoms with Crippen LogP contribution in [0.3, 0.4) is 0 Å². The maximum Gasteiger partial charge on any atom is 0.189 e. The van der Waals surface area contributed by atoms with Gasteiger partial charge >= 0.3 is 0 Å². The van der Waals surface area contributed by atoms with Crippen LogP contribution in [0.1, 0.15) is 86.3 Å². The Bertz CT molecular complexity index is 929. The summed E-state index contributed by atoms with van der Waals surface area (Å²) in [5.41, 5.74) is -1.50. The highest BCUT2D eigenvalue weighted by Crippen LogP contribution is 2.51. The molecule has 0 aromatic heterocycles. The molecular weight excluding hydrogens is 456 g/mol. The van der Waals surface area contributed by atoms with Gasteiger partial charge in [0.15, 0.2) is 24.0 Å². The van der Waals surface area contributed by atoms with E-state index < -0.39 is 59.0 Å². The first-order valence-electron chi connectivity index (χ1n) is 12.2. The molecule has 9 heteroatoms. The molecule has 7 atom stereocenters. The summed E-state index contributed by atoms with van der Waals surface area (Å²) in [6.07, 6.45) is -2.92. The van der Waals surface area contributed by atoms with Crippen LogP contribution in [0.4, 0.5) is 0 Å². The zero-order valence-corrected chi connectivity index (χ0v) is 21.2. The largest absolute Gasteiger partial charge is 0.507 e. The molecule has 1 aromatic rings. The summed E-state index contributed by atoms with van der Waals surface area (Å²) >= 11 is 0. The summed E-state index contributed by atoms with van der Waals surface area (Å²) in [5.74, 6) is -2.46. The Morgan fingerprint density at radius 2 is 1.89 bits per heavy atom. The molecule has 2 fully saturated rings. The van der Waals surface area contributed by atoms with E-state index in [0.717, 1.165) is 0 Å². The van der Waals surface area contributed by atoms with E-state index in [0.29, 0.717) is 19.1 Å². The number of aliphatic hydroxyl groups excluding tert-OH is 2. The van der Waals surface area contributed by atoms with Crippen LogP contribution in [0.2, 0.25) is 0 Å². The van der Waals surface area contributed by atoms with E-state index in [4.69, 9.17) is 14.2 Å². The monoisotopic (exact) mass is 494 g/mol. The average molecular weight is 495 g/mol. The smallest absolute Gasteiger partial charge is 0.189 e. The van der Waals surface area contributed by atoms with Crippen molar-refractivity contribution in [3.8, 4) is 11.5 Å². The van der Waals surface area contributed by atoms with E-state index in [1.165, 1.54) is 13.2 Å². The van der Waals surface area contributed by atoms with Gasteiger partial charge in [0.05, 0.1) is 35.5 Å². The van der Waals surface area contributed by atoms with Gasteiger partial charge in [-0.25, -0.2) is 0 Å². The Labute approximate surface area is 206 Å². The Balaban J connectivity index is 2.02. The van der Waals surface area contributed by atoms with Crippen molar-refractivity contribution < 1.29 is 44.2 Å². The minimum absolute atomic E-state index is 0.0462. The van der Waals surface area contributed by atoms with E-state index in [-0.39, 0.29) is 35.5 Å². The van der Waals surface area contributed by atoms with Crippen molar-refractivity contribution in [2.24, 2.45) is 17.8 Å². The number of hydrogen-bond donors (Lipinski definition) is 4. The summed E-state index contributed by atoms with van der Waals surface area (Å²) in [6.45, 7) is 9.46. The van der Waals surface area contributed by atoms with Crippen molar-refractivity contribution in [2.75, 3.05) is 7.11 Å². The van der Waals surface area contributed by atoms with Gasteiger partial charge in [0.25, 0.3) is 0 Å². The lowest BCUT2D eigenvalue weighted by Crippen LogP contribution is -2.55. The molecule has 2 saturated heterocycles. The summed E-state index contributed by atoms with van der Waals surface area (Å²) < 4.78 is 16.9. The molecule has 2 aliphatic heterocycles. The van der Waals surface area contributed by atoms with Gasteiger partial charge in [0.2, 0.25) is 0 Å². The lowest BCUT2D eigenvalue weighted by molar-refractivity contribution is -0.239. The van der Waals surface area contributed by atoms with Gasteiger partial charge in [-0.05, 0) is 30.7 Å². The zero-order valence-electron chi connectivity index (χ0n) is 21.2. The fraction of sp³-hybridized carbons (Fsp3) is 0.692. The third-order valence-electron chi connectivity index (χ3n) is 7.23. The standard InChI is InChI=1S/C26H38O9/c1-7-20-26(35-20)19(28)10-18(34-25(26)32)14(8-12(2)3)21(29)15-9-16(24(33-6)13(4)5)23(31)17(11-27)22(15)30/h9,11-14,18-20,24-25,28,30-32H,7-8,10H2,1-6H3. The quantitative estimate of drug-likeness (QED) is 0.219. The molecule has 1 aromatic carbocycles. The number of benzene rings is 1. The highest BCUT2D eigenvalue weighted by Gasteiger charge is 2.68. The van der Waals surface area contributed by atoms with Crippen LogP contribution in [0, 0.1) is 17.8 Å². The first kappa shape index (κ1) is 27.5. The van der Waals surface area contributed by atoms with E-state index in [2.05, 4.69) is 0 Å². The summed E-state index contributed by atoms with van der Waals surface area (Å²) in [4.78, 5) is 25.6. The number of methoxy groups -OCH3 is 1. The number of carbonyl (C=O) groups excluding carboxylic acids is 2. The highest BCUT2D eigenvalue weighted by molar-refractivity contribution is 6.04. The summed E-state index contributed by atoms with van der Waals surface area (Å²) in [6, 6.07) is 1.36. The van der Waals surface area contributed by atoms with E-state index >= 15 is 0 Å². The Kier molecular flexibility index (Phi) is 8.28. The molecule has 0 radical (unpaired) electrons. The van der Waals surface area contributed by atoms with Gasteiger partial charge in [-0.2, -0.15) is 0 Å². The third-order valence-corrected chi connectivity index (χ3v) is 7.23. The third kappa shape index (κ3) is 4.84. The lowest BCUT2D eigenvalue weighted by Gasteiger charge is -2.39. The molecule has 1 spiro atoms. The van der Waals surface area contributed by atoms with Gasteiger partial charge in [-0.3, -0.25) is 9.59 Å². The highest BCUT2D eigenvalue weighted by atomic mass is 16.7. The molecule has 7 unspecified atom stereocenters. The lowest BCUT2D eigenvalue weighted by atomic mass is 9.78. The van der Waals surface area contributed by atoms with Crippen LogP contribution in [-0.4, -0.2) is 69.8 Å². The predicted octanol–water partition coefficient (Wildman–Crippen LogP) is 3.11. The van der Waals surface area contributed by atoms with Gasteiger partial charge in [-0.1, -0.05) is 34.6 Å². The first-order chi connectivity index (χ1) is 16.4. The van der Waals surface area contributed by atoms with Crippen LogP contribution in [0.5, 0.6) is 11.5 Å². The second-order valence-electron chi connectivity index (χ2n) is 10.4. The average Bonchev–Trinajstić information content (AvgIpc) is 3.53. The fourth-order valence-corrected chi connectivity index (χ4v) is 5.40. The number of ether oxygens (including phenoxy) is 3. The number of Topliss-reactive ketones (excluding diaryl/α,β-unsaturated/α-hetero) is 1. The summed E-state index contributed by atoms with van der Waals surface area (Å²) in [5, 5.41) is 43.0. The first-order valence-corrected chi connectivity index (χ1v) is 12.2. The number of aromatic hydroxyl groups is 2. The molecule has 3 rings (SSSR count). The van der Waals surface area contributed by atoms with Crippen molar-refractivity contribution >= 4 is 12.1 Å². The number of phenolic OH excluding ortho intramolecular Hbond substituents is 2. The number of ketones is 1. The van der Waals surface area contributed by atoms with E-state index in [9.17, 15) is 30.0 Å². The van der Waals surface area contributed by atoms with Crippen LogP contribution in [0.15, 0.2) is 6.07 Å². The van der Waals surface area contributed by atoms with Gasteiger partial charge in [0, 0.05) is 25.0 Å². The second-order valence-corrected chi connectivity index (χ2v) is 10.4. The Morgan fingerprint density at radius 3 is 2.34 bits per heavy atom. The number of aldehydes is 1. The molecule has 0 amide bonds. The van der Waals surface area contributed by atoms with Crippen molar-refractivity contribution in [3.63, 3.8) is 0 Å². The van der Waals surface area contributed by atoms with Crippen LogP contribution in [0.25, 0.3) is 0 Å². The Hall–Kier alpha value is -2.04. The van der Waals surface area contributed by atoms with E-state index in [1.807, 2.05) is 34.6 Å². The molecule has 196 valence electrons. The minimum atomic E-state index is -1.41. The van der Waals surface area contributed by atoms with Gasteiger partial charge in [0.1, 0.15) is 11.5 Å². The molecular formula is C26H38O9. The van der Waals surface area contributed by atoms with Crippen molar-refractivity contribution in [3.05, 3.63) is 22.8 Å². The summed E-state index contributed by atoms with van der Waals surface area (Å²) in [7, 11) is 1.46. The molecule has 0 aliphatic carbocycles. The molecule has 9 nitrogen and oxygen atoms in total. The Morgan fingerprint density at radius 1 is 1.23 bits per heavy atom. The zero-order chi connectivity index (χ0) is 26.2. The number of epoxide rings is 1. The normalized spacial score (nSPS) is 30.0. The second kappa shape index (κ2) is 10.5. The fourth-order valence-electron chi connectivity index (χ4n) is 5.40. The van der Waals surface area contributed by atoms with Crippen LogP contribution < -0.4 is 0 Å². The SMILES string of the molecule is CCC1OC12C(O)CC(C(CC(C)C)C(=O)c1cc(C(OC)C(C)C)c(O)c(C=O)c1O)OC2O. The topological polar surface area (TPSA) is 146 Å². The number of hydrogen-bond acceptors (Lipinski definition) is 9. The van der Waals surface area contributed by atoms with Crippen molar-refractivity contribution in [1.29, 1.82) is 0 Å². The number of phenols is 2. The minimum Gasteiger partial charge on any atom is -0.507 e. The molecule has 2 aliphatic rings.